The largest absolute Gasteiger partial charge is 0.475 e. The molecule has 0 fully saturated rings. The Bertz CT molecular complexity index is 1460. The molecule has 10 nitrogen and oxygen atoms in total. The predicted octanol–water partition coefficient (Wildman–Crippen LogP) is 3.27. The van der Waals surface area contributed by atoms with E-state index < -0.39 is 0 Å². The number of fused-ring (bicyclic) bond motifs is 2. The zero-order valence-electron chi connectivity index (χ0n) is 19.1. The molecule has 0 amide bonds. The number of rotatable bonds is 7. The van der Waals surface area contributed by atoms with Crippen LogP contribution in [0, 0.1) is 3.70 Å². The van der Waals surface area contributed by atoms with Gasteiger partial charge in [-0.1, -0.05) is 6.07 Å². The third-order valence-corrected chi connectivity index (χ3v) is 6.43. The van der Waals surface area contributed by atoms with E-state index in [1.54, 1.807) is 0 Å². The molecule has 0 aliphatic rings. The molecule has 0 aromatic carbocycles. The normalized spacial score (nSPS) is 12.6. The Morgan fingerprint density at radius 3 is 2.76 bits per heavy atom. The number of likely N-dealkylation sites (N-methyl/N-ethyl adjacent to an activating group) is 1. The van der Waals surface area contributed by atoms with E-state index in [4.69, 9.17) is 15.6 Å². The van der Waals surface area contributed by atoms with Gasteiger partial charge >= 0.3 is 0 Å². The summed E-state index contributed by atoms with van der Waals surface area (Å²) < 4.78 is 10.5. The zero-order valence-corrected chi connectivity index (χ0v) is 21.2. The van der Waals surface area contributed by atoms with Gasteiger partial charge in [0.1, 0.15) is 28.1 Å². The highest BCUT2D eigenvalue weighted by Crippen LogP contribution is 2.35. The van der Waals surface area contributed by atoms with Crippen molar-refractivity contribution in [3.05, 3.63) is 58.2 Å². The number of nitrogens with two attached hydrogens (primary N) is 1. The molecule has 5 heterocycles. The van der Waals surface area contributed by atoms with Crippen molar-refractivity contribution >= 4 is 45.0 Å². The molecule has 5 aromatic rings. The van der Waals surface area contributed by atoms with Gasteiger partial charge in [-0.05, 0) is 67.9 Å². The van der Waals surface area contributed by atoms with Gasteiger partial charge in [0, 0.05) is 29.9 Å². The maximum Gasteiger partial charge on any atom is 0.233 e. The van der Waals surface area contributed by atoms with Crippen molar-refractivity contribution in [2.45, 2.75) is 13.0 Å². The van der Waals surface area contributed by atoms with Crippen molar-refractivity contribution in [2.75, 3.05) is 33.0 Å². The summed E-state index contributed by atoms with van der Waals surface area (Å²) in [5, 5.41) is 14.3. The van der Waals surface area contributed by atoms with Gasteiger partial charge < -0.3 is 19.8 Å². The Kier molecular flexibility index (Phi) is 6.04. The number of pyridine rings is 1. The third-order valence-electron chi connectivity index (χ3n) is 5.67. The van der Waals surface area contributed by atoms with E-state index in [2.05, 4.69) is 71.1 Å². The summed E-state index contributed by atoms with van der Waals surface area (Å²) in [5.41, 5.74) is 10.6. The van der Waals surface area contributed by atoms with Crippen molar-refractivity contribution in [3.8, 4) is 17.3 Å². The van der Waals surface area contributed by atoms with E-state index in [1.807, 2.05) is 49.2 Å². The Morgan fingerprint density at radius 1 is 1.15 bits per heavy atom. The average Bonchev–Trinajstić information content (AvgIpc) is 3.38. The van der Waals surface area contributed by atoms with Crippen LogP contribution in [0.1, 0.15) is 18.5 Å². The van der Waals surface area contributed by atoms with Gasteiger partial charge in [-0.3, -0.25) is 0 Å². The van der Waals surface area contributed by atoms with Crippen molar-refractivity contribution in [1.82, 2.24) is 39.2 Å². The van der Waals surface area contributed by atoms with Crippen LogP contribution >= 0.6 is 22.6 Å². The second-order valence-electron chi connectivity index (χ2n) is 8.22. The fraction of sp³-hybridized carbons (Fsp3) is 0.261. The number of hydrogen-bond donors (Lipinski definition) is 1. The Hall–Kier alpha value is -3.32. The lowest BCUT2D eigenvalue weighted by Gasteiger charge is -2.15. The van der Waals surface area contributed by atoms with E-state index in [-0.39, 0.29) is 6.04 Å². The van der Waals surface area contributed by atoms with Gasteiger partial charge in [-0.2, -0.15) is 5.10 Å². The lowest BCUT2D eigenvalue weighted by atomic mass is 10.1. The topological polar surface area (TPSA) is 112 Å². The molecule has 174 valence electrons. The van der Waals surface area contributed by atoms with E-state index in [0.29, 0.717) is 24.0 Å². The average molecular weight is 569 g/mol. The molecule has 0 aliphatic heterocycles. The van der Waals surface area contributed by atoms with Crippen LogP contribution in [0.3, 0.4) is 0 Å². The number of nitrogen functional groups attached to an aromatic ring is 1. The maximum absolute atomic E-state index is 6.11. The van der Waals surface area contributed by atoms with Gasteiger partial charge in [0.15, 0.2) is 5.65 Å². The standard InChI is InChI=1S/C23H24IN9O/c1-14(33-23-19(21(24)30-33)22(25)26-13-27-23)16-12-15-6-4-5-9-32(15)20(16)17-7-8-18(29-28-17)34-11-10-31(2)3/h4-9,12-14H,10-11H2,1-3H3,(H2,25,26,27). The summed E-state index contributed by atoms with van der Waals surface area (Å²) in [6, 6.07) is 11.9. The molecule has 1 unspecified atom stereocenters. The van der Waals surface area contributed by atoms with Crippen LogP contribution in [-0.4, -0.2) is 66.5 Å². The SMILES string of the molecule is CC(c1cc2ccccn2c1-c1ccc(OCCN(C)C)nn1)n1nc(I)c2c(N)ncnc21. The van der Waals surface area contributed by atoms with Crippen LogP contribution in [0.4, 0.5) is 5.82 Å². The highest BCUT2D eigenvalue weighted by Gasteiger charge is 2.24. The lowest BCUT2D eigenvalue weighted by molar-refractivity contribution is 0.252. The molecule has 34 heavy (non-hydrogen) atoms. The number of aromatic nitrogens is 7. The molecular formula is C23H24IN9O. The van der Waals surface area contributed by atoms with Crippen LogP contribution in [0.5, 0.6) is 5.88 Å². The van der Waals surface area contributed by atoms with Crippen molar-refractivity contribution in [2.24, 2.45) is 0 Å². The quantitative estimate of drug-likeness (QED) is 0.298. The molecule has 0 aliphatic carbocycles. The first-order valence-electron chi connectivity index (χ1n) is 10.8. The molecule has 2 N–H and O–H groups in total. The summed E-state index contributed by atoms with van der Waals surface area (Å²) in [4.78, 5) is 10.6. The Balaban J connectivity index is 1.58. The van der Waals surface area contributed by atoms with E-state index in [0.717, 1.165) is 38.1 Å². The summed E-state index contributed by atoms with van der Waals surface area (Å²) in [6.45, 7) is 3.44. The minimum Gasteiger partial charge on any atom is -0.475 e. The van der Waals surface area contributed by atoms with Crippen LogP contribution in [0.2, 0.25) is 0 Å². The highest BCUT2D eigenvalue weighted by atomic mass is 127. The van der Waals surface area contributed by atoms with Crippen molar-refractivity contribution < 1.29 is 4.74 Å². The summed E-state index contributed by atoms with van der Waals surface area (Å²) >= 11 is 2.17. The Labute approximate surface area is 209 Å². The number of hydrogen-bond acceptors (Lipinski definition) is 8. The van der Waals surface area contributed by atoms with Crippen LogP contribution in [-0.2, 0) is 0 Å². The van der Waals surface area contributed by atoms with Gasteiger partial charge in [-0.25, -0.2) is 14.6 Å². The first-order valence-corrected chi connectivity index (χ1v) is 11.9. The molecule has 0 radical (unpaired) electrons. The predicted molar refractivity (Wildman–Crippen MR) is 139 cm³/mol. The van der Waals surface area contributed by atoms with Crippen molar-refractivity contribution in [3.63, 3.8) is 0 Å². The van der Waals surface area contributed by atoms with E-state index in [1.165, 1.54) is 6.33 Å². The zero-order chi connectivity index (χ0) is 23.8. The van der Waals surface area contributed by atoms with Gasteiger partial charge in [0.2, 0.25) is 5.88 Å². The Morgan fingerprint density at radius 2 is 2.00 bits per heavy atom. The third kappa shape index (κ3) is 4.05. The molecule has 1 atom stereocenters. The summed E-state index contributed by atoms with van der Waals surface area (Å²) in [6.07, 6.45) is 3.49. The number of ether oxygens (including phenoxy) is 1. The minimum absolute atomic E-state index is 0.145. The fourth-order valence-corrected chi connectivity index (χ4v) is 4.69. The molecule has 0 spiro atoms. The molecule has 5 rings (SSSR count). The number of nitrogens with zero attached hydrogens (tertiary/aromatic N) is 8. The second kappa shape index (κ2) is 9.14. The number of anilines is 1. The first-order chi connectivity index (χ1) is 16.4. The van der Waals surface area contributed by atoms with Gasteiger partial charge in [-0.15, -0.1) is 10.2 Å². The fourth-order valence-electron chi connectivity index (χ4n) is 3.94. The molecule has 0 saturated heterocycles. The number of halogens is 1. The molecule has 5 aromatic heterocycles. The van der Waals surface area contributed by atoms with Crippen LogP contribution in [0.25, 0.3) is 27.9 Å². The van der Waals surface area contributed by atoms with E-state index >= 15 is 0 Å². The highest BCUT2D eigenvalue weighted by molar-refractivity contribution is 14.1. The molecule has 0 bridgehead atoms. The lowest BCUT2D eigenvalue weighted by Crippen LogP contribution is -2.19. The molecular weight excluding hydrogens is 545 g/mol. The monoisotopic (exact) mass is 569 g/mol. The smallest absolute Gasteiger partial charge is 0.233 e. The molecule has 11 heteroatoms. The van der Waals surface area contributed by atoms with Gasteiger partial charge in [0.05, 0.1) is 17.1 Å². The van der Waals surface area contributed by atoms with Crippen LogP contribution < -0.4 is 10.5 Å². The first kappa shape index (κ1) is 22.5. The van der Waals surface area contributed by atoms with Crippen molar-refractivity contribution in [1.29, 1.82) is 0 Å². The maximum atomic E-state index is 6.11. The second-order valence-corrected chi connectivity index (χ2v) is 9.24. The van der Waals surface area contributed by atoms with E-state index in [9.17, 15) is 0 Å². The molecule has 0 saturated carbocycles. The minimum atomic E-state index is -0.145. The summed E-state index contributed by atoms with van der Waals surface area (Å²) in [7, 11) is 4.01. The summed E-state index contributed by atoms with van der Waals surface area (Å²) in [5.74, 6) is 0.923. The van der Waals surface area contributed by atoms with Crippen LogP contribution in [0.15, 0.2) is 48.9 Å². The van der Waals surface area contributed by atoms with Gasteiger partial charge in [0.25, 0.3) is 0 Å².